The zero-order chi connectivity index (χ0) is 23.1. The molecule has 10 heteroatoms. The largest absolute Gasteiger partial charge is 0.493 e. The quantitative estimate of drug-likeness (QED) is 0.259. The molecule has 1 aliphatic heterocycles. The molecule has 0 spiro atoms. The van der Waals surface area contributed by atoms with Gasteiger partial charge < -0.3 is 19.0 Å². The average Bonchev–Trinajstić information content (AvgIpc) is 3.28. The molecule has 2 aromatic carbocycles. The Morgan fingerprint density at radius 2 is 2.06 bits per heavy atom. The summed E-state index contributed by atoms with van der Waals surface area (Å²) in [6.45, 7) is 4.97. The number of thiocarbonyl (C=S) groups is 1. The SMILES string of the molecule is COc1cc(/C=N\NC(=S)NC[C@H]2CCCO2)ccc1OS(=O)(=O)c1cc(C)ccc1C. The van der Waals surface area contributed by atoms with E-state index in [0.29, 0.717) is 22.8 Å². The zero-order valence-electron chi connectivity index (χ0n) is 18.3. The van der Waals surface area contributed by atoms with Crippen molar-refractivity contribution in [1.82, 2.24) is 10.7 Å². The van der Waals surface area contributed by atoms with Gasteiger partial charge in [-0.2, -0.15) is 13.5 Å². The first kappa shape index (κ1) is 24.0. The van der Waals surface area contributed by atoms with E-state index in [1.807, 2.05) is 13.0 Å². The highest BCUT2D eigenvalue weighted by atomic mass is 32.2. The fraction of sp³-hybridized carbons (Fsp3) is 0.364. The van der Waals surface area contributed by atoms with Crippen LogP contribution in [0.4, 0.5) is 0 Å². The Kier molecular flexibility index (Phi) is 8.05. The number of hydrogen-bond donors (Lipinski definition) is 2. The summed E-state index contributed by atoms with van der Waals surface area (Å²) in [5.74, 6) is 0.356. The summed E-state index contributed by atoms with van der Waals surface area (Å²) in [7, 11) is -2.57. The third kappa shape index (κ3) is 6.41. The Balaban J connectivity index is 1.64. The van der Waals surface area contributed by atoms with Crippen molar-refractivity contribution in [3.8, 4) is 11.5 Å². The molecule has 0 saturated carbocycles. The van der Waals surface area contributed by atoms with Crippen molar-refractivity contribution >= 4 is 33.7 Å². The van der Waals surface area contributed by atoms with Gasteiger partial charge in [-0.05, 0) is 79.9 Å². The second kappa shape index (κ2) is 10.8. The summed E-state index contributed by atoms with van der Waals surface area (Å²) in [6.07, 6.45) is 3.81. The molecular weight excluding hydrogens is 450 g/mol. The standard InChI is InChI=1S/C22H27N3O5S2/c1-15-6-7-16(2)21(11-15)32(26,27)30-19-9-8-17(12-20(19)28-3)13-24-25-22(31)23-14-18-5-4-10-29-18/h6-9,11-13,18H,4-5,10,14H2,1-3H3,(H2,23,25,31)/b24-13-/t18-/m1/s1. The van der Waals surface area contributed by atoms with E-state index < -0.39 is 10.1 Å². The monoisotopic (exact) mass is 477 g/mol. The minimum atomic E-state index is -4.02. The van der Waals surface area contributed by atoms with Crippen LogP contribution >= 0.6 is 12.2 Å². The van der Waals surface area contributed by atoms with Crippen LogP contribution in [0.3, 0.4) is 0 Å². The minimum Gasteiger partial charge on any atom is -0.493 e. The van der Waals surface area contributed by atoms with Crippen LogP contribution in [0.25, 0.3) is 0 Å². The molecule has 2 aromatic rings. The van der Waals surface area contributed by atoms with E-state index in [1.54, 1.807) is 37.4 Å². The van der Waals surface area contributed by atoms with Gasteiger partial charge in [-0.25, -0.2) is 0 Å². The van der Waals surface area contributed by atoms with Crippen molar-refractivity contribution in [2.75, 3.05) is 20.3 Å². The lowest BCUT2D eigenvalue weighted by atomic mass is 10.2. The first-order valence-electron chi connectivity index (χ1n) is 10.2. The van der Waals surface area contributed by atoms with E-state index in [4.69, 9.17) is 25.9 Å². The summed E-state index contributed by atoms with van der Waals surface area (Å²) in [4.78, 5) is 0.124. The average molecular weight is 478 g/mol. The molecular formula is C22H27N3O5S2. The predicted octanol–water partition coefficient (Wildman–Crippen LogP) is 3.06. The number of rotatable bonds is 8. The Morgan fingerprint density at radius 1 is 1.25 bits per heavy atom. The van der Waals surface area contributed by atoms with Crippen molar-refractivity contribution in [3.63, 3.8) is 0 Å². The number of nitrogens with one attached hydrogen (secondary N) is 2. The number of ether oxygens (including phenoxy) is 2. The number of aryl methyl sites for hydroxylation is 2. The van der Waals surface area contributed by atoms with Gasteiger partial charge in [0, 0.05) is 13.2 Å². The second-order valence-electron chi connectivity index (χ2n) is 7.43. The third-order valence-electron chi connectivity index (χ3n) is 4.89. The van der Waals surface area contributed by atoms with Crippen LogP contribution < -0.4 is 19.7 Å². The van der Waals surface area contributed by atoms with Crippen LogP contribution in [0.5, 0.6) is 11.5 Å². The highest BCUT2D eigenvalue weighted by Crippen LogP contribution is 2.31. The molecule has 8 nitrogen and oxygen atoms in total. The van der Waals surface area contributed by atoms with Gasteiger partial charge in [0.1, 0.15) is 4.90 Å². The lowest BCUT2D eigenvalue weighted by Gasteiger charge is -2.13. The molecule has 1 heterocycles. The zero-order valence-corrected chi connectivity index (χ0v) is 19.9. The number of benzene rings is 2. The van der Waals surface area contributed by atoms with E-state index in [2.05, 4.69) is 15.8 Å². The predicted molar refractivity (Wildman–Crippen MR) is 127 cm³/mol. The molecule has 0 aromatic heterocycles. The number of nitrogens with zero attached hydrogens (tertiary/aromatic N) is 1. The molecule has 0 amide bonds. The molecule has 3 rings (SSSR count). The molecule has 32 heavy (non-hydrogen) atoms. The Bertz CT molecular complexity index is 1100. The van der Waals surface area contributed by atoms with E-state index in [-0.39, 0.29) is 22.5 Å². The maximum absolute atomic E-state index is 12.8. The summed E-state index contributed by atoms with van der Waals surface area (Å²) in [5, 5.41) is 7.56. The van der Waals surface area contributed by atoms with Crippen molar-refractivity contribution in [3.05, 3.63) is 53.1 Å². The van der Waals surface area contributed by atoms with E-state index >= 15 is 0 Å². The highest BCUT2D eigenvalue weighted by molar-refractivity contribution is 7.87. The van der Waals surface area contributed by atoms with Gasteiger partial charge in [0.15, 0.2) is 16.6 Å². The molecule has 0 aliphatic carbocycles. The highest BCUT2D eigenvalue weighted by Gasteiger charge is 2.21. The fourth-order valence-electron chi connectivity index (χ4n) is 3.19. The Morgan fingerprint density at radius 3 is 2.78 bits per heavy atom. The minimum absolute atomic E-state index is 0.0901. The van der Waals surface area contributed by atoms with E-state index in [9.17, 15) is 8.42 Å². The van der Waals surface area contributed by atoms with E-state index in [0.717, 1.165) is 25.0 Å². The van der Waals surface area contributed by atoms with Crippen molar-refractivity contribution in [2.24, 2.45) is 5.10 Å². The summed E-state index contributed by atoms with van der Waals surface area (Å²) in [5.41, 5.74) is 4.85. The van der Waals surface area contributed by atoms with Crippen LogP contribution in [0.2, 0.25) is 0 Å². The topological polar surface area (TPSA) is 98.2 Å². The van der Waals surface area contributed by atoms with Gasteiger partial charge in [0.25, 0.3) is 0 Å². The maximum Gasteiger partial charge on any atom is 0.339 e. The fourth-order valence-corrected chi connectivity index (χ4v) is 4.58. The van der Waals surface area contributed by atoms with Crippen LogP contribution in [0.15, 0.2) is 46.4 Å². The molecule has 0 unspecified atom stereocenters. The number of hydrazone groups is 1. The number of hydrogen-bond acceptors (Lipinski definition) is 7. The molecule has 2 N–H and O–H groups in total. The lowest BCUT2D eigenvalue weighted by molar-refractivity contribution is 0.114. The van der Waals surface area contributed by atoms with Gasteiger partial charge in [-0.3, -0.25) is 5.43 Å². The number of methoxy groups -OCH3 is 1. The molecule has 0 radical (unpaired) electrons. The van der Waals surface area contributed by atoms with Gasteiger partial charge in [0.05, 0.1) is 19.4 Å². The molecule has 172 valence electrons. The molecule has 1 atom stereocenters. The van der Waals surface area contributed by atoms with Crippen molar-refractivity contribution in [1.29, 1.82) is 0 Å². The van der Waals surface area contributed by atoms with Crippen LogP contribution in [-0.2, 0) is 14.9 Å². The van der Waals surface area contributed by atoms with Gasteiger partial charge in [0.2, 0.25) is 0 Å². The van der Waals surface area contributed by atoms with Gasteiger partial charge >= 0.3 is 10.1 Å². The second-order valence-corrected chi connectivity index (χ2v) is 9.35. The Labute approximate surface area is 194 Å². The van der Waals surface area contributed by atoms with Crippen molar-refractivity contribution < 1.29 is 22.1 Å². The molecule has 1 fully saturated rings. The van der Waals surface area contributed by atoms with Crippen molar-refractivity contribution in [2.45, 2.75) is 37.7 Å². The summed E-state index contributed by atoms with van der Waals surface area (Å²) < 4.78 is 41.8. The van der Waals surface area contributed by atoms with Gasteiger partial charge in [-0.15, -0.1) is 0 Å². The van der Waals surface area contributed by atoms with Crippen LogP contribution in [0.1, 0.15) is 29.5 Å². The lowest BCUT2D eigenvalue weighted by Crippen LogP contribution is -2.37. The maximum atomic E-state index is 12.8. The van der Waals surface area contributed by atoms with Crippen LogP contribution in [-0.4, -0.2) is 46.1 Å². The smallest absolute Gasteiger partial charge is 0.339 e. The summed E-state index contributed by atoms with van der Waals surface area (Å²) >= 11 is 5.20. The normalized spacial score (nSPS) is 16.2. The first-order valence-corrected chi connectivity index (χ1v) is 12.0. The molecule has 1 saturated heterocycles. The van der Waals surface area contributed by atoms with E-state index in [1.165, 1.54) is 13.2 Å². The van der Waals surface area contributed by atoms with Gasteiger partial charge in [-0.1, -0.05) is 12.1 Å². The third-order valence-corrected chi connectivity index (χ3v) is 6.51. The molecule has 1 aliphatic rings. The Hall–Kier alpha value is -2.69. The summed E-state index contributed by atoms with van der Waals surface area (Å²) in [6, 6.07) is 10.00. The molecule has 0 bridgehead atoms. The first-order chi connectivity index (χ1) is 15.3. The van der Waals surface area contributed by atoms with Crippen LogP contribution in [0, 0.1) is 13.8 Å².